The Kier molecular flexibility index (Phi) is 14.3. The SMILES string of the molecule is CCCCCCCCCCCC(C)CC(O)C(O)C(N)CO. The van der Waals surface area contributed by atoms with E-state index in [1.54, 1.807) is 0 Å². The Bertz CT molecular complexity index is 238. The van der Waals surface area contributed by atoms with Gasteiger partial charge in [-0.15, -0.1) is 0 Å². The van der Waals surface area contributed by atoms with Crippen molar-refractivity contribution in [3.05, 3.63) is 0 Å². The second-order valence-electron chi connectivity index (χ2n) is 6.86. The molecule has 22 heavy (non-hydrogen) atoms. The van der Waals surface area contributed by atoms with Gasteiger partial charge in [0.05, 0.1) is 24.9 Å². The van der Waals surface area contributed by atoms with Crippen LogP contribution in [0.1, 0.15) is 84.5 Å². The van der Waals surface area contributed by atoms with Crippen molar-refractivity contribution >= 4 is 0 Å². The number of rotatable bonds is 15. The lowest BCUT2D eigenvalue weighted by Crippen LogP contribution is -2.45. The normalized spacial score (nSPS) is 17.2. The van der Waals surface area contributed by atoms with Gasteiger partial charge in [-0.3, -0.25) is 0 Å². The fourth-order valence-electron chi connectivity index (χ4n) is 2.87. The summed E-state index contributed by atoms with van der Waals surface area (Å²) in [6, 6.07) is -0.755. The lowest BCUT2D eigenvalue weighted by atomic mass is 9.92. The molecule has 0 radical (unpaired) electrons. The molecular weight excluding hydrogens is 278 g/mol. The monoisotopic (exact) mass is 317 g/mol. The molecule has 0 saturated heterocycles. The summed E-state index contributed by atoms with van der Waals surface area (Å²) in [6.07, 6.45) is 11.6. The smallest absolute Gasteiger partial charge is 0.0971 e. The van der Waals surface area contributed by atoms with Gasteiger partial charge < -0.3 is 21.1 Å². The van der Waals surface area contributed by atoms with E-state index in [1.165, 1.54) is 57.8 Å². The highest BCUT2D eigenvalue weighted by molar-refractivity contribution is 4.79. The predicted octanol–water partition coefficient (Wildman–Crippen LogP) is 2.97. The minimum absolute atomic E-state index is 0.301. The maximum atomic E-state index is 9.89. The van der Waals surface area contributed by atoms with Crippen molar-refractivity contribution in [3.63, 3.8) is 0 Å². The van der Waals surface area contributed by atoms with E-state index in [1.807, 2.05) is 0 Å². The van der Waals surface area contributed by atoms with E-state index in [2.05, 4.69) is 13.8 Å². The topological polar surface area (TPSA) is 86.7 Å². The molecule has 4 heteroatoms. The molecule has 134 valence electrons. The van der Waals surface area contributed by atoms with Crippen molar-refractivity contribution in [2.75, 3.05) is 6.61 Å². The number of nitrogens with two attached hydrogens (primary N) is 1. The Morgan fingerprint density at radius 1 is 0.864 bits per heavy atom. The zero-order valence-electron chi connectivity index (χ0n) is 14.7. The average Bonchev–Trinajstić information content (AvgIpc) is 2.51. The van der Waals surface area contributed by atoms with Gasteiger partial charge in [0.2, 0.25) is 0 Å². The zero-order valence-corrected chi connectivity index (χ0v) is 14.7. The molecule has 0 heterocycles. The van der Waals surface area contributed by atoms with Crippen LogP contribution in [0.15, 0.2) is 0 Å². The predicted molar refractivity (Wildman–Crippen MR) is 92.7 cm³/mol. The first kappa shape index (κ1) is 21.8. The Morgan fingerprint density at radius 2 is 1.36 bits per heavy atom. The first-order valence-corrected chi connectivity index (χ1v) is 9.25. The third kappa shape index (κ3) is 11.4. The molecule has 0 fully saturated rings. The summed E-state index contributed by atoms with van der Waals surface area (Å²) >= 11 is 0. The molecular formula is C18H39NO3. The van der Waals surface area contributed by atoms with Crippen LogP contribution in [0.4, 0.5) is 0 Å². The third-order valence-electron chi connectivity index (χ3n) is 4.49. The van der Waals surface area contributed by atoms with E-state index in [4.69, 9.17) is 10.8 Å². The molecule has 0 amide bonds. The van der Waals surface area contributed by atoms with Crippen LogP contribution in [-0.4, -0.2) is 40.2 Å². The molecule has 0 aromatic heterocycles. The van der Waals surface area contributed by atoms with Gasteiger partial charge in [-0.05, 0) is 12.3 Å². The summed E-state index contributed by atoms with van der Waals surface area (Å²) < 4.78 is 0. The average molecular weight is 318 g/mol. The highest BCUT2D eigenvalue weighted by atomic mass is 16.3. The van der Waals surface area contributed by atoms with Crippen molar-refractivity contribution in [1.29, 1.82) is 0 Å². The van der Waals surface area contributed by atoms with Gasteiger partial charge in [0.15, 0.2) is 0 Å². The minimum Gasteiger partial charge on any atom is -0.395 e. The van der Waals surface area contributed by atoms with Gasteiger partial charge in [-0.25, -0.2) is 0 Å². The Morgan fingerprint density at radius 3 is 1.86 bits per heavy atom. The quantitative estimate of drug-likeness (QED) is 0.350. The van der Waals surface area contributed by atoms with Crippen molar-refractivity contribution in [2.45, 2.75) is 103 Å². The molecule has 0 aliphatic rings. The van der Waals surface area contributed by atoms with Gasteiger partial charge in [-0.1, -0.05) is 78.1 Å². The number of aliphatic hydroxyl groups excluding tert-OH is 3. The lowest BCUT2D eigenvalue weighted by molar-refractivity contribution is -0.0183. The van der Waals surface area contributed by atoms with E-state index >= 15 is 0 Å². The Hall–Kier alpha value is -0.160. The van der Waals surface area contributed by atoms with E-state index < -0.39 is 18.2 Å². The van der Waals surface area contributed by atoms with Crippen LogP contribution in [0, 0.1) is 5.92 Å². The maximum absolute atomic E-state index is 9.89. The summed E-state index contributed by atoms with van der Waals surface area (Å²) in [6.45, 7) is 4.05. The van der Waals surface area contributed by atoms with Crippen LogP contribution in [0.5, 0.6) is 0 Å². The standard InChI is InChI=1S/C18H39NO3/c1-3-4-5-6-7-8-9-10-11-12-15(2)13-17(21)18(22)16(19)14-20/h15-18,20-22H,3-14,19H2,1-2H3. The van der Waals surface area contributed by atoms with E-state index in [0.29, 0.717) is 12.3 Å². The Labute approximate surface area is 137 Å². The van der Waals surface area contributed by atoms with Crippen molar-refractivity contribution < 1.29 is 15.3 Å². The number of aliphatic hydroxyl groups is 3. The molecule has 0 aromatic rings. The fourth-order valence-corrected chi connectivity index (χ4v) is 2.87. The largest absolute Gasteiger partial charge is 0.395 e. The summed E-state index contributed by atoms with van der Waals surface area (Å²) in [5.41, 5.74) is 5.53. The first-order chi connectivity index (χ1) is 10.5. The molecule has 0 bridgehead atoms. The molecule has 0 aromatic carbocycles. The fraction of sp³-hybridized carbons (Fsp3) is 1.00. The van der Waals surface area contributed by atoms with E-state index in [9.17, 15) is 10.2 Å². The van der Waals surface area contributed by atoms with Crippen LogP contribution in [-0.2, 0) is 0 Å². The second-order valence-corrected chi connectivity index (χ2v) is 6.86. The van der Waals surface area contributed by atoms with Gasteiger partial charge in [0.25, 0.3) is 0 Å². The maximum Gasteiger partial charge on any atom is 0.0971 e. The van der Waals surface area contributed by atoms with Gasteiger partial charge in [0, 0.05) is 0 Å². The molecule has 0 aliphatic carbocycles. The number of hydrogen-bond donors (Lipinski definition) is 4. The van der Waals surface area contributed by atoms with Gasteiger partial charge in [-0.2, -0.15) is 0 Å². The molecule has 0 aliphatic heterocycles. The third-order valence-corrected chi connectivity index (χ3v) is 4.49. The number of unbranched alkanes of at least 4 members (excludes halogenated alkanes) is 8. The Balaban J connectivity index is 3.51. The van der Waals surface area contributed by atoms with Crippen LogP contribution >= 0.6 is 0 Å². The van der Waals surface area contributed by atoms with Crippen LogP contribution < -0.4 is 5.73 Å². The summed E-state index contributed by atoms with van der Waals surface area (Å²) in [5.74, 6) is 0.375. The first-order valence-electron chi connectivity index (χ1n) is 9.25. The molecule has 0 spiro atoms. The van der Waals surface area contributed by atoms with Gasteiger partial charge in [0.1, 0.15) is 0 Å². The summed E-state index contributed by atoms with van der Waals surface area (Å²) in [5, 5.41) is 28.5. The molecule has 5 N–H and O–H groups in total. The second kappa shape index (κ2) is 14.4. The van der Waals surface area contributed by atoms with Gasteiger partial charge >= 0.3 is 0 Å². The van der Waals surface area contributed by atoms with Crippen LogP contribution in [0.3, 0.4) is 0 Å². The molecule has 4 atom stereocenters. The number of hydrogen-bond acceptors (Lipinski definition) is 4. The molecule has 0 rings (SSSR count). The molecule has 0 saturated carbocycles. The molecule has 4 unspecified atom stereocenters. The lowest BCUT2D eigenvalue weighted by Gasteiger charge is -2.24. The highest BCUT2D eigenvalue weighted by Gasteiger charge is 2.24. The van der Waals surface area contributed by atoms with Crippen molar-refractivity contribution in [3.8, 4) is 0 Å². The minimum atomic E-state index is -1.03. The summed E-state index contributed by atoms with van der Waals surface area (Å²) in [4.78, 5) is 0. The highest BCUT2D eigenvalue weighted by Crippen LogP contribution is 2.18. The zero-order chi connectivity index (χ0) is 16.8. The summed E-state index contributed by atoms with van der Waals surface area (Å²) in [7, 11) is 0. The van der Waals surface area contributed by atoms with Crippen molar-refractivity contribution in [1.82, 2.24) is 0 Å². The van der Waals surface area contributed by atoms with Crippen LogP contribution in [0.2, 0.25) is 0 Å². The van der Waals surface area contributed by atoms with E-state index in [0.717, 1.165) is 6.42 Å². The van der Waals surface area contributed by atoms with E-state index in [-0.39, 0.29) is 6.61 Å². The molecule has 4 nitrogen and oxygen atoms in total. The van der Waals surface area contributed by atoms with Crippen molar-refractivity contribution in [2.24, 2.45) is 11.7 Å². The van der Waals surface area contributed by atoms with Crippen LogP contribution in [0.25, 0.3) is 0 Å².